The predicted octanol–water partition coefficient (Wildman–Crippen LogP) is 4.20. The van der Waals surface area contributed by atoms with Gasteiger partial charge in [-0.25, -0.2) is 0 Å². The molecule has 3 aromatic rings. The van der Waals surface area contributed by atoms with Crippen LogP contribution in [0.3, 0.4) is 0 Å². The number of anilines is 2. The Morgan fingerprint density at radius 2 is 1.52 bits per heavy atom. The molecule has 0 atom stereocenters. The topological polar surface area (TPSA) is 67.4 Å². The van der Waals surface area contributed by atoms with Crippen molar-refractivity contribution in [1.29, 1.82) is 0 Å². The van der Waals surface area contributed by atoms with E-state index in [1.165, 1.54) is 0 Å². The van der Waals surface area contributed by atoms with Crippen LogP contribution in [0, 0.1) is 13.8 Å². The van der Waals surface area contributed by atoms with E-state index < -0.39 is 0 Å². The maximum atomic E-state index is 12.6. The minimum Gasteiger partial charge on any atom is -0.424 e. The molecule has 6 nitrogen and oxygen atoms in total. The average Bonchev–Trinajstić information content (AvgIpc) is 2.65. The highest BCUT2D eigenvalue weighted by Crippen LogP contribution is 2.24. The molecule has 1 N–H and O–H groups in total. The lowest BCUT2D eigenvalue weighted by molar-refractivity contribution is 0.102. The van der Waals surface area contributed by atoms with E-state index in [2.05, 4.69) is 15.3 Å². The Balaban J connectivity index is 1.77. The van der Waals surface area contributed by atoms with Gasteiger partial charge < -0.3 is 15.0 Å². The van der Waals surface area contributed by atoms with Crippen LogP contribution in [0.15, 0.2) is 54.6 Å². The van der Waals surface area contributed by atoms with Gasteiger partial charge in [0.2, 0.25) is 0 Å². The second kappa shape index (κ2) is 7.86. The number of rotatable bonds is 5. The van der Waals surface area contributed by atoms with Crippen molar-refractivity contribution in [2.75, 3.05) is 24.3 Å². The highest BCUT2D eigenvalue weighted by molar-refractivity contribution is 6.05. The lowest BCUT2D eigenvalue weighted by Gasteiger charge is -2.14. The van der Waals surface area contributed by atoms with E-state index in [1.54, 1.807) is 12.1 Å². The fourth-order valence-electron chi connectivity index (χ4n) is 2.60. The molecule has 0 aliphatic heterocycles. The van der Waals surface area contributed by atoms with E-state index in [0.29, 0.717) is 28.4 Å². The van der Waals surface area contributed by atoms with Crippen molar-refractivity contribution in [1.82, 2.24) is 9.97 Å². The summed E-state index contributed by atoms with van der Waals surface area (Å²) in [7, 11) is 3.91. The van der Waals surface area contributed by atoms with Gasteiger partial charge in [0.1, 0.15) is 5.75 Å². The predicted molar refractivity (Wildman–Crippen MR) is 107 cm³/mol. The van der Waals surface area contributed by atoms with Crippen molar-refractivity contribution in [2.45, 2.75) is 13.8 Å². The van der Waals surface area contributed by atoms with Gasteiger partial charge >= 0.3 is 6.01 Å². The molecule has 3 rings (SSSR count). The zero-order valence-electron chi connectivity index (χ0n) is 15.9. The average molecular weight is 362 g/mol. The summed E-state index contributed by atoms with van der Waals surface area (Å²) in [6.07, 6.45) is 0. The first-order valence-corrected chi connectivity index (χ1v) is 8.61. The fourth-order valence-corrected chi connectivity index (χ4v) is 2.60. The highest BCUT2D eigenvalue weighted by Gasteiger charge is 2.14. The summed E-state index contributed by atoms with van der Waals surface area (Å²) >= 11 is 0. The molecule has 0 aliphatic carbocycles. The molecule has 1 heterocycles. The van der Waals surface area contributed by atoms with E-state index in [0.717, 1.165) is 5.69 Å². The Hall–Kier alpha value is -3.41. The van der Waals surface area contributed by atoms with Gasteiger partial charge in [0.15, 0.2) is 0 Å². The van der Waals surface area contributed by atoms with Crippen LogP contribution < -0.4 is 15.0 Å². The van der Waals surface area contributed by atoms with Crippen LogP contribution in [0.5, 0.6) is 11.8 Å². The van der Waals surface area contributed by atoms with Crippen molar-refractivity contribution in [2.24, 2.45) is 0 Å². The minimum absolute atomic E-state index is 0.202. The number of carbonyl (C=O) groups is 1. The quantitative estimate of drug-likeness (QED) is 0.737. The number of aromatic nitrogens is 2. The molecule has 0 saturated heterocycles. The molecule has 0 aliphatic rings. The molecule has 0 unspecified atom stereocenters. The molecule has 0 fully saturated rings. The van der Waals surface area contributed by atoms with Crippen LogP contribution in [-0.2, 0) is 0 Å². The molecule has 27 heavy (non-hydrogen) atoms. The van der Waals surface area contributed by atoms with E-state index >= 15 is 0 Å². The third-order valence-electron chi connectivity index (χ3n) is 4.09. The first-order valence-electron chi connectivity index (χ1n) is 8.61. The standard InChI is InChI=1S/C21H22N4O2/c1-14-19(24-20(26)16-10-12-17(13-11-16)25(3)4)15(2)23-21(22-14)27-18-8-6-5-7-9-18/h5-13H,1-4H3,(H,24,26). The SMILES string of the molecule is Cc1nc(Oc2ccccc2)nc(C)c1NC(=O)c1ccc(N(C)C)cc1. The van der Waals surface area contributed by atoms with Crippen LogP contribution in [0.4, 0.5) is 11.4 Å². The molecular formula is C21H22N4O2. The van der Waals surface area contributed by atoms with Gasteiger partial charge in [0.25, 0.3) is 5.91 Å². The van der Waals surface area contributed by atoms with Crippen LogP contribution in [0.25, 0.3) is 0 Å². The summed E-state index contributed by atoms with van der Waals surface area (Å²) in [6, 6.07) is 17.0. The number of para-hydroxylation sites is 1. The minimum atomic E-state index is -0.202. The van der Waals surface area contributed by atoms with Crippen molar-refractivity contribution < 1.29 is 9.53 Å². The first-order chi connectivity index (χ1) is 12.9. The Morgan fingerprint density at radius 1 is 0.926 bits per heavy atom. The summed E-state index contributed by atoms with van der Waals surface area (Å²) in [5.74, 6) is 0.459. The molecule has 1 amide bonds. The molecule has 0 saturated carbocycles. The van der Waals surface area contributed by atoms with E-state index in [4.69, 9.17) is 4.74 Å². The van der Waals surface area contributed by atoms with Gasteiger partial charge in [-0.1, -0.05) is 18.2 Å². The number of benzene rings is 2. The Morgan fingerprint density at radius 3 is 2.07 bits per heavy atom. The van der Waals surface area contributed by atoms with E-state index in [-0.39, 0.29) is 11.9 Å². The number of hydrogen-bond donors (Lipinski definition) is 1. The molecule has 6 heteroatoms. The monoisotopic (exact) mass is 362 g/mol. The highest BCUT2D eigenvalue weighted by atomic mass is 16.5. The molecule has 0 bridgehead atoms. The van der Waals surface area contributed by atoms with Gasteiger partial charge in [-0.3, -0.25) is 4.79 Å². The molecule has 0 radical (unpaired) electrons. The molecule has 2 aromatic carbocycles. The lowest BCUT2D eigenvalue weighted by Crippen LogP contribution is -2.16. The number of aryl methyl sites for hydroxylation is 2. The van der Waals surface area contributed by atoms with E-state index in [1.807, 2.05) is 75.3 Å². The summed E-state index contributed by atoms with van der Waals surface area (Å²) < 4.78 is 5.68. The largest absolute Gasteiger partial charge is 0.424 e. The molecule has 1 aromatic heterocycles. The maximum absolute atomic E-state index is 12.6. The third kappa shape index (κ3) is 4.41. The first kappa shape index (κ1) is 18.4. The molecule has 0 spiro atoms. The Labute approximate surface area is 158 Å². The van der Waals surface area contributed by atoms with Crippen molar-refractivity contribution in [3.8, 4) is 11.8 Å². The fraction of sp³-hybridized carbons (Fsp3) is 0.190. The van der Waals surface area contributed by atoms with Gasteiger partial charge in [0, 0.05) is 25.3 Å². The number of nitrogens with zero attached hydrogens (tertiary/aromatic N) is 3. The summed E-state index contributed by atoms with van der Waals surface area (Å²) in [5, 5.41) is 2.90. The second-order valence-electron chi connectivity index (χ2n) is 6.36. The van der Waals surface area contributed by atoms with Crippen molar-refractivity contribution >= 4 is 17.3 Å². The number of ether oxygens (including phenoxy) is 1. The number of nitrogens with one attached hydrogen (secondary N) is 1. The van der Waals surface area contributed by atoms with Gasteiger partial charge in [-0.2, -0.15) is 9.97 Å². The zero-order chi connectivity index (χ0) is 19.4. The Kier molecular flexibility index (Phi) is 5.35. The van der Waals surface area contributed by atoms with Crippen LogP contribution in [-0.4, -0.2) is 30.0 Å². The maximum Gasteiger partial charge on any atom is 0.322 e. The van der Waals surface area contributed by atoms with Crippen LogP contribution in [0.2, 0.25) is 0 Å². The summed E-state index contributed by atoms with van der Waals surface area (Å²) in [4.78, 5) is 23.3. The second-order valence-corrected chi connectivity index (χ2v) is 6.36. The molecule has 138 valence electrons. The van der Waals surface area contributed by atoms with Gasteiger partial charge in [0.05, 0.1) is 17.1 Å². The Bertz CT molecular complexity index is 915. The van der Waals surface area contributed by atoms with E-state index in [9.17, 15) is 4.79 Å². The van der Waals surface area contributed by atoms with Gasteiger partial charge in [-0.05, 0) is 50.2 Å². The van der Waals surface area contributed by atoms with Crippen molar-refractivity contribution in [3.63, 3.8) is 0 Å². The van der Waals surface area contributed by atoms with Gasteiger partial charge in [-0.15, -0.1) is 0 Å². The zero-order valence-corrected chi connectivity index (χ0v) is 15.9. The summed E-state index contributed by atoms with van der Waals surface area (Å²) in [5.41, 5.74) is 3.49. The smallest absolute Gasteiger partial charge is 0.322 e. The number of amides is 1. The number of hydrogen-bond acceptors (Lipinski definition) is 5. The third-order valence-corrected chi connectivity index (χ3v) is 4.09. The number of carbonyl (C=O) groups excluding carboxylic acids is 1. The molecular weight excluding hydrogens is 340 g/mol. The normalized spacial score (nSPS) is 10.4. The lowest BCUT2D eigenvalue weighted by atomic mass is 10.1. The van der Waals surface area contributed by atoms with Crippen molar-refractivity contribution in [3.05, 3.63) is 71.5 Å². The van der Waals surface area contributed by atoms with Crippen LogP contribution in [0.1, 0.15) is 21.7 Å². The summed E-state index contributed by atoms with van der Waals surface area (Å²) in [6.45, 7) is 3.63. The van der Waals surface area contributed by atoms with Crippen LogP contribution >= 0.6 is 0 Å².